The zero-order chi connectivity index (χ0) is 18.1. The van der Waals surface area contributed by atoms with Crippen LogP contribution < -0.4 is 21.1 Å². The van der Waals surface area contributed by atoms with Gasteiger partial charge in [-0.1, -0.05) is 18.6 Å². The van der Waals surface area contributed by atoms with Crippen molar-refractivity contribution < 1.29 is 14.3 Å². The predicted octanol–water partition coefficient (Wildman–Crippen LogP) is 1.26. The molecule has 154 valence electrons. The summed E-state index contributed by atoms with van der Waals surface area (Å²) in [6, 6.07) is 8.08. The number of methoxy groups -OCH3 is 1. The molecule has 1 heterocycles. The van der Waals surface area contributed by atoms with E-state index in [1.165, 1.54) is 19.3 Å². The molecule has 2 amide bonds. The van der Waals surface area contributed by atoms with E-state index in [1.54, 1.807) is 7.11 Å². The molecule has 1 aromatic rings. The van der Waals surface area contributed by atoms with Gasteiger partial charge in [0.15, 0.2) is 0 Å². The smallest absolute Gasteiger partial charge is 0.239 e. The van der Waals surface area contributed by atoms with Crippen molar-refractivity contribution in [2.45, 2.75) is 25.3 Å². The van der Waals surface area contributed by atoms with E-state index in [9.17, 15) is 9.59 Å². The molecule has 1 aromatic carbocycles. The number of likely N-dealkylation sites (tertiary alicyclic amines) is 1. The molecule has 0 aliphatic carbocycles. The summed E-state index contributed by atoms with van der Waals surface area (Å²) in [4.78, 5) is 25.5. The van der Waals surface area contributed by atoms with Crippen LogP contribution >= 0.6 is 24.8 Å². The molecule has 0 bridgehead atoms. The average Bonchev–Trinajstić information content (AvgIpc) is 2.67. The van der Waals surface area contributed by atoms with Gasteiger partial charge in [-0.05, 0) is 43.6 Å². The Hall–Kier alpha value is -1.54. The largest absolute Gasteiger partial charge is 0.497 e. The van der Waals surface area contributed by atoms with E-state index in [2.05, 4.69) is 15.5 Å². The van der Waals surface area contributed by atoms with Crippen molar-refractivity contribution in [2.24, 2.45) is 5.73 Å². The Bertz CT molecular complexity index is 566. The fraction of sp³-hybridized carbons (Fsp3) is 0.556. The molecule has 1 aliphatic rings. The number of carbonyl (C=O) groups excluding carboxylic acids is 2. The molecule has 1 atom stereocenters. The number of halogens is 2. The number of carbonyl (C=O) groups is 2. The Kier molecular flexibility index (Phi) is 12.8. The lowest BCUT2D eigenvalue weighted by Crippen LogP contribution is -2.44. The van der Waals surface area contributed by atoms with Crippen molar-refractivity contribution in [3.63, 3.8) is 0 Å². The summed E-state index contributed by atoms with van der Waals surface area (Å²) in [5, 5.41) is 5.40. The number of amides is 2. The number of ether oxygens (including phenoxy) is 1. The van der Waals surface area contributed by atoms with E-state index < -0.39 is 0 Å². The first-order valence-electron chi connectivity index (χ1n) is 8.75. The van der Waals surface area contributed by atoms with Crippen LogP contribution in [0.1, 0.15) is 30.9 Å². The lowest BCUT2D eigenvalue weighted by molar-refractivity contribution is -0.125. The van der Waals surface area contributed by atoms with Crippen LogP contribution in [0.15, 0.2) is 24.3 Å². The van der Waals surface area contributed by atoms with Gasteiger partial charge in [0.2, 0.25) is 11.8 Å². The molecule has 0 aromatic heterocycles. The summed E-state index contributed by atoms with van der Waals surface area (Å²) >= 11 is 0. The van der Waals surface area contributed by atoms with Gasteiger partial charge >= 0.3 is 0 Å². The van der Waals surface area contributed by atoms with Crippen LogP contribution in [0.4, 0.5) is 0 Å². The quantitative estimate of drug-likeness (QED) is 0.587. The third kappa shape index (κ3) is 8.34. The molecule has 0 saturated carbocycles. The fourth-order valence-corrected chi connectivity index (χ4v) is 3.04. The van der Waals surface area contributed by atoms with Crippen molar-refractivity contribution in [3.05, 3.63) is 29.8 Å². The molecule has 1 aliphatic heterocycles. The molecule has 4 N–H and O–H groups in total. The lowest BCUT2D eigenvalue weighted by atomic mass is 10.0. The van der Waals surface area contributed by atoms with Crippen molar-refractivity contribution in [1.82, 2.24) is 15.5 Å². The number of piperidine rings is 1. The molecular formula is C18H30Cl2N4O3. The summed E-state index contributed by atoms with van der Waals surface area (Å²) < 4.78 is 5.22. The van der Waals surface area contributed by atoms with Crippen LogP contribution in [0.3, 0.4) is 0 Å². The maximum absolute atomic E-state index is 12.0. The van der Waals surface area contributed by atoms with Gasteiger partial charge in [-0.2, -0.15) is 0 Å². The number of nitrogens with two attached hydrogens (primary N) is 1. The Balaban J connectivity index is 0.00000338. The van der Waals surface area contributed by atoms with Gasteiger partial charge in [-0.25, -0.2) is 0 Å². The summed E-state index contributed by atoms with van der Waals surface area (Å²) in [6.45, 7) is 2.39. The van der Waals surface area contributed by atoms with E-state index in [0.717, 1.165) is 24.4 Å². The van der Waals surface area contributed by atoms with Gasteiger partial charge in [0.1, 0.15) is 5.75 Å². The minimum atomic E-state index is -0.335. The van der Waals surface area contributed by atoms with Crippen molar-refractivity contribution in [3.8, 4) is 5.75 Å². The van der Waals surface area contributed by atoms with Crippen molar-refractivity contribution in [2.75, 3.05) is 39.8 Å². The minimum Gasteiger partial charge on any atom is -0.497 e. The van der Waals surface area contributed by atoms with Gasteiger partial charge in [0, 0.05) is 6.54 Å². The second-order valence-corrected chi connectivity index (χ2v) is 6.17. The summed E-state index contributed by atoms with van der Waals surface area (Å²) in [7, 11) is 1.65. The monoisotopic (exact) mass is 420 g/mol. The number of hydrogen-bond acceptors (Lipinski definition) is 5. The molecule has 0 radical (unpaired) electrons. The molecule has 1 saturated heterocycles. The average molecular weight is 421 g/mol. The summed E-state index contributed by atoms with van der Waals surface area (Å²) in [6.07, 6.45) is 3.60. The lowest BCUT2D eigenvalue weighted by Gasteiger charge is -2.35. The molecule has 2 rings (SSSR count). The minimum absolute atomic E-state index is 0. The number of nitrogens with one attached hydrogen (secondary N) is 2. The van der Waals surface area contributed by atoms with Crippen LogP contribution in [0.2, 0.25) is 0 Å². The number of hydrogen-bond donors (Lipinski definition) is 3. The normalized spacial score (nSPS) is 14.9. The molecule has 1 unspecified atom stereocenters. The van der Waals surface area contributed by atoms with Gasteiger partial charge in [0.25, 0.3) is 0 Å². The Morgan fingerprint density at radius 1 is 1.07 bits per heavy atom. The Morgan fingerprint density at radius 2 is 1.70 bits per heavy atom. The van der Waals surface area contributed by atoms with Crippen LogP contribution in [0, 0.1) is 0 Å². The maximum atomic E-state index is 12.0. The van der Waals surface area contributed by atoms with Crippen LogP contribution in [0.25, 0.3) is 0 Å². The molecule has 27 heavy (non-hydrogen) atoms. The highest BCUT2D eigenvalue weighted by Crippen LogP contribution is 2.25. The second kappa shape index (κ2) is 13.6. The van der Waals surface area contributed by atoms with E-state index >= 15 is 0 Å². The predicted molar refractivity (Wildman–Crippen MR) is 111 cm³/mol. The third-order valence-electron chi connectivity index (χ3n) is 4.46. The van der Waals surface area contributed by atoms with E-state index in [4.69, 9.17) is 10.5 Å². The Labute approximate surface area is 173 Å². The van der Waals surface area contributed by atoms with Gasteiger partial charge < -0.3 is 21.1 Å². The highest BCUT2D eigenvalue weighted by molar-refractivity contribution is 5.86. The number of nitrogens with zero attached hydrogens (tertiary/aromatic N) is 1. The van der Waals surface area contributed by atoms with Crippen molar-refractivity contribution >= 4 is 36.6 Å². The topological polar surface area (TPSA) is 96.7 Å². The first kappa shape index (κ1) is 25.5. The van der Waals surface area contributed by atoms with Crippen LogP contribution in [0.5, 0.6) is 5.75 Å². The highest BCUT2D eigenvalue weighted by atomic mass is 35.5. The van der Waals surface area contributed by atoms with E-state index in [1.807, 2.05) is 24.3 Å². The van der Waals surface area contributed by atoms with Gasteiger partial charge in [-0.15, -0.1) is 24.8 Å². The highest BCUT2D eigenvalue weighted by Gasteiger charge is 2.23. The second-order valence-electron chi connectivity index (χ2n) is 6.17. The number of benzene rings is 1. The zero-order valence-corrected chi connectivity index (χ0v) is 17.2. The van der Waals surface area contributed by atoms with Crippen molar-refractivity contribution in [1.29, 1.82) is 0 Å². The summed E-state index contributed by atoms with van der Waals surface area (Å²) in [5.74, 6) is 0.268. The van der Waals surface area contributed by atoms with E-state index in [-0.39, 0.29) is 55.8 Å². The molecule has 1 fully saturated rings. The maximum Gasteiger partial charge on any atom is 0.239 e. The van der Waals surface area contributed by atoms with Crippen LogP contribution in [-0.4, -0.2) is 56.5 Å². The summed E-state index contributed by atoms with van der Waals surface area (Å²) in [5.41, 5.74) is 6.36. The molecule has 7 nitrogen and oxygen atoms in total. The van der Waals surface area contributed by atoms with E-state index in [0.29, 0.717) is 6.54 Å². The molecule has 0 spiro atoms. The molecule has 9 heteroatoms. The SMILES string of the molecule is COc1ccc(C(CNC(=O)CNC(=O)CN)N2CCCCC2)cc1.Cl.Cl. The van der Waals surface area contributed by atoms with Gasteiger partial charge in [-0.3, -0.25) is 14.5 Å². The van der Waals surface area contributed by atoms with Crippen LogP contribution in [-0.2, 0) is 9.59 Å². The Morgan fingerprint density at radius 3 is 2.26 bits per heavy atom. The fourth-order valence-electron chi connectivity index (χ4n) is 3.04. The molecular weight excluding hydrogens is 391 g/mol. The number of rotatable bonds is 8. The van der Waals surface area contributed by atoms with Gasteiger partial charge in [0.05, 0.1) is 26.2 Å². The first-order valence-corrected chi connectivity index (χ1v) is 8.75. The first-order chi connectivity index (χ1) is 12.1. The standard InChI is InChI=1S/C18H28N4O3.2ClH/c1-25-15-7-5-14(6-8-15)16(22-9-3-2-4-10-22)12-20-18(24)13-21-17(23)11-19;;/h5-8,16H,2-4,9-13,19H2,1H3,(H,20,24)(H,21,23);2*1H. The zero-order valence-electron chi connectivity index (χ0n) is 15.6. The third-order valence-corrected chi connectivity index (χ3v) is 4.46.